The number of methoxy groups -OCH3 is 1. The molecular weight excluding hydrogens is 322 g/mol. The Morgan fingerprint density at radius 2 is 2.16 bits per heavy atom. The number of nitrogens with one attached hydrogen (secondary N) is 2. The molecule has 3 aliphatic heterocycles. The molecule has 0 aromatic heterocycles. The molecule has 3 heterocycles. The first-order valence-electron chi connectivity index (χ1n) is 8.78. The van der Waals surface area contributed by atoms with E-state index in [1.807, 2.05) is 24.3 Å². The van der Waals surface area contributed by atoms with E-state index >= 15 is 0 Å². The first kappa shape index (κ1) is 16.2. The van der Waals surface area contributed by atoms with Crippen LogP contribution in [-0.4, -0.2) is 49.8 Å². The van der Waals surface area contributed by atoms with Gasteiger partial charge in [-0.25, -0.2) is 4.79 Å². The fraction of sp³-hybridized carbons (Fsp3) is 0.556. The molecule has 1 aromatic carbocycles. The molecule has 7 heteroatoms. The Balaban J connectivity index is 1.21. The largest absolute Gasteiger partial charge is 0.497 e. The SMILES string of the molecule is COc1ccc(C2=NO[C@H](CNC(=O)N[C@H]3C[C@H]4CC[C@H]3O4)C2)cc1. The zero-order valence-corrected chi connectivity index (χ0v) is 14.2. The molecule has 4 atom stereocenters. The van der Waals surface area contributed by atoms with Gasteiger partial charge in [0.25, 0.3) is 0 Å². The Hall–Kier alpha value is -2.28. The van der Waals surface area contributed by atoms with Gasteiger partial charge in [0.2, 0.25) is 0 Å². The standard InChI is InChI=1S/C18H23N3O4/c1-23-12-4-2-11(3-5-12)15-9-14(25-21-15)10-19-18(22)20-16-8-13-6-7-17(16)24-13/h2-5,13-14,16-17H,6-10H2,1H3,(H2,19,20,22)/t13-,14+,16+,17-/m1/s1. The average Bonchev–Trinajstić information content (AvgIpc) is 3.37. The maximum atomic E-state index is 12.1. The van der Waals surface area contributed by atoms with E-state index in [0.717, 1.165) is 36.3 Å². The zero-order chi connectivity index (χ0) is 17.2. The number of hydrogen-bond donors (Lipinski definition) is 2. The van der Waals surface area contributed by atoms with Gasteiger partial charge < -0.3 is 24.9 Å². The minimum absolute atomic E-state index is 0.134. The van der Waals surface area contributed by atoms with Crippen molar-refractivity contribution in [2.45, 2.75) is 50.0 Å². The lowest BCUT2D eigenvalue weighted by Crippen LogP contribution is -2.47. The van der Waals surface area contributed by atoms with Crippen molar-refractivity contribution in [1.29, 1.82) is 0 Å². The van der Waals surface area contributed by atoms with Crippen molar-refractivity contribution in [3.05, 3.63) is 29.8 Å². The van der Waals surface area contributed by atoms with Crippen LogP contribution in [0.15, 0.2) is 29.4 Å². The zero-order valence-electron chi connectivity index (χ0n) is 14.2. The number of rotatable bonds is 5. The molecule has 0 aliphatic carbocycles. The van der Waals surface area contributed by atoms with Crippen LogP contribution >= 0.6 is 0 Å². The first-order valence-corrected chi connectivity index (χ1v) is 8.78. The molecule has 2 saturated heterocycles. The first-order chi connectivity index (χ1) is 12.2. The van der Waals surface area contributed by atoms with Crippen LogP contribution in [0.3, 0.4) is 0 Å². The van der Waals surface area contributed by atoms with E-state index in [9.17, 15) is 4.79 Å². The number of amides is 2. The molecule has 4 rings (SSSR count). The van der Waals surface area contributed by atoms with Crippen molar-refractivity contribution < 1.29 is 19.1 Å². The number of urea groups is 1. The predicted octanol–water partition coefficient (Wildman–Crippen LogP) is 1.81. The summed E-state index contributed by atoms with van der Waals surface area (Å²) < 4.78 is 10.9. The molecule has 1 aromatic rings. The third kappa shape index (κ3) is 3.56. The minimum atomic E-state index is -0.164. The van der Waals surface area contributed by atoms with Crippen LogP contribution in [-0.2, 0) is 9.57 Å². The second-order valence-electron chi connectivity index (χ2n) is 6.77. The Kier molecular flexibility index (Phi) is 4.48. The fourth-order valence-corrected chi connectivity index (χ4v) is 3.71. The van der Waals surface area contributed by atoms with Gasteiger partial charge in [-0.15, -0.1) is 0 Å². The third-order valence-electron chi connectivity index (χ3n) is 5.07. The lowest BCUT2D eigenvalue weighted by atomic mass is 9.96. The number of ether oxygens (including phenoxy) is 2. The average molecular weight is 345 g/mol. The van der Waals surface area contributed by atoms with Gasteiger partial charge in [0.15, 0.2) is 6.10 Å². The molecular formula is C18H23N3O4. The lowest BCUT2D eigenvalue weighted by molar-refractivity contribution is 0.0856. The fourth-order valence-electron chi connectivity index (χ4n) is 3.71. The second-order valence-corrected chi connectivity index (χ2v) is 6.77. The van der Waals surface area contributed by atoms with Crippen molar-refractivity contribution >= 4 is 11.7 Å². The molecule has 2 bridgehead atoms. The van der Waals surface area contributed by atoms with Gasteiger partial charge in [-0.3, -0.25) is 0 Å². The molecule has 0 unspecified atom stereocenters. The summed E-state index contributed by atoms with van der Waals surface area (Å²) in [5, 5.41) is 10.0. The van der Waals surface area contributed by atoms with Gasteiger partial charge in [0, 0.05) is 6.42 Å². The van der Waals surface area contributed by atoms with Gasteiger partial charge in [0.05, 0.1) is 37.6 Å². The molecule has 134 valence electrons. The molecule has 2 fully saturated rings. The highest BCUT2D eigenvalue weighted by Gasteiger charge is 2.41. The van der Waals surface area contributed by atoms with Crippen LogP contribution in [0.25, 0.3) is 0 Å². The highest BCUT2D eigenvalue weighted by molar-refractivity contribution is 6.01. The van der Waals surface area contributed by atoms with Gasteiger partial charge >= 0.3 is 6.03 Å². The Morgan fingerprint density at radius 3 is 2.84 bits per heavy atom. The summed E-state index contributed by atoms with van der Waals surface area (Å²) in [4.78, 5) is 17.5. The molecule has 25 heavy (non-hydrogen) atoms. The van der Waals surface area contributed by atoms with E-state index < -0.39 is 0 Å². The van der Waals surface area contributed by atoms with Gasteiger partial charge in [0.1, 0.15) is 5.75 Å². The summed E-state index contributed by atoms with van der Waals surface area (Å²) in [5.41, 5.74) is 1.89. The van der Waals surface area contributed by atoms with E-state index in [1.165, 1.54) is 0 Å². The third-order valence-corrected chi connectivity index (χ3v) is 5.07. The summed E-state index contributed by atoms with van der Waals surface area (Å²) in [5.74, 6) is 0.808. The van der Waals surface area contributed by atoms with E-state index in [2.05, 4.69) is 15.8 Å². The number of carbonyl (C=O) groups is 1. The predicted molar refractivity (Wildman–Crippen MR) is 91.9 cm³/mol. The number of carbonyl (C=O) groups excluding carboxylic acids is 1. The van der Waals surface area contributed by atoms with E-state index in [0.29, 0.717) is 19.1 Å². The molecule has 0 spiro atoms. The van der Waals surface area contributed by atoms with Gasteiger partial charge in [-0.1, -0.05) is 5.16 Å². The summed E-state index contributed by atoms with van der Waals surface area (Å²) in [6.45, 7) is 0.427. The second kappa shape index (κ2) is 6.92. The number of nitrogens with zero attached hydrogens (tertiary/aromatic N) is 1. The maximum Gasteiger partial charge on any atom is 0.315 e. The highest BCUT2D eigenvalue weighted by atomic mass is 16.6. The summed E-state index contributed by atoms with van der Waals surface area (Å²) in [6, 6.07) is 7.68. The highest BCUT2D eigenvalue weighted by Crippen LogP contribution is 2.34. The van der Waals surface area contributed by atoms with Crippen molar-refractivity contribution in [1.82, 2.24) is 10.6 Å². The van der Waals surface area contributed by atoms with E-state index in [-0.39, 0.29) is 24.3 Å². The van der Waals surface area contributed by atoms with Crippen molar-refractivity contribution in [3.8, 4) is 5.75 Å². The number of fused-ring (bicyclic) bond motifs is 2. The monoisotopic (exact) mass is 345 g/mol. The van der Waals surface area contributed by atoms with Gasteiger partial charge in [-0.05, 0) is 49.1 Å². The quantitative estimate of drug-likeness (QED) is 0.853. The van der Waals surface area contributed by atoms with Crippen LogP contribution in [0.4, 0.5) is 4.79 Å². The van der Waals surface area contributed by atoms with E-state index in [4.69, 9.17) is 14.3 Å². The topological polar surface area (TPSA) is 81.2 Å². The molecule has 0 saturated carbocycles. The number of benzene rings is 1. The van der Waals surface area contributed by atoms with Crippen LogP contribution in [0.2, 0.25) is 0 Å². The van der Waals surface area contributed by atoms with Crippen LogP contribution < -0.4 is 15.4 Å². The van der Waals surface area contributed by atoms with Crippen LogP contribution in [0.1, 0.15) is 31.2 Å². The van der Waals surface area contributed by atoms with Crippen LogP contribution in [0.5, 0.6) is 5.75 Å². The molecule has 2 amide bonds. The van der Waals surface area contributed by atoms with Crippen molar-refractivity contribution in [2.24, 2.45) is 5.16 Å². The Labute approximate surface area is 146 Å². The van der Waals surface area contributed by atoms with Gasteiger partial charge in [-0.2, -0.15) is 0 Å². The minimum Gasteiger partial charge on any atom is -0.497 e. The molecule has 2 N–H and O–H groups in total. The normalized spacial score (nSPS) is 29.9. The van der Waals surface area contributed by atoms with Crippen molar-refractivity contribution in [3.63, 3.8) is 0 Å². The maximum absolute atomic E-state index is 12.1. The molecule has 3 aliphatic rings. The van der Waals surface area contributed by atoms with E-state index in [1.54, 1.807) is 7.11 Å². The smallest absolute Gasteiger partial charge is 0.315 e. The number of oxime groups is 1. The van der Waals surface area contributed by atoms with Crippen molar-refractivity contribution in [2.75, 3.05) is 13.7 Å². The molecule has 7 nitrogen and oxygen atoms in total. The number of hydrogen-bond acceptors (Lipinski definition) is 5. The van der Waals surface area contributed by atoms with Crippen LogP contribution in [0, 0.1) is 0 Å². The summed E-state index contributed by atoms with van der Waals surface area (Å²) in [7, 11) is 1.64. The lowest BCUT2D eigenvalue weighted by Gasteiger charge is -2.20. The summed E-state index contributed by atoms with van der Waals surface area (Å²) >= 11 is 0. The Bertz CT molecular complexity index is 661. The Morgan fingerprint density at radius 1 is 1.32 bits per heavy atom. The summed E-state index contributed by atoms with van der Waals surface area (Å²) in [6.07, 6.45) is 4.12. The molecule has 0 radical (unpaired) electrons.